The van der Waals surface area contributed by atoms with Gasteiger partial charge in [0, 0.05) is 64.5 Å². The van der Waals surface area contributed by atoms with E-state index in [2.05, 4.69) is 43.8 Å². The second kappa shape index (κ2) is 10.8. The molecular formula is C30H26ClN7O. The van der Waals surface area contributed by atoms with E-state index in [1.807, 2.05) is 31.2 Å². The van der Waals surface area contributed by atoms with Gasteiger partial charge in [0.15, 0.2) is 5.82 Å². The Morgan fingerprint density at radius 1 is 1.00 bits per heavy atom. The maximum absolute atomic E-state index is 13.6. The summed E-state index contributed by atoms with van der Waals surface area (Å²) in [6.45, 7) is 4.27. The minimum Gasteiger partial charge on any atom is -0.324 e. The average molecular weight is 536 g/mol. The number of nitrogens with one attached hydrogen (secondary N) is 2. The fraction of sp³-hybridized carbons (Fsp3) is 0.167. The SMILES string of the molecule is CCn1c(=O)c(-c2ccc(-c3ncccn3)cc2Cl)cc2cnc(Nc3ccc(C4=CCNCC4)cc3)nc21. The molecule has 39 heavy (non-hydrogen) atoms. The molecule has 0 bridgehead atoms. The number of aryl methyl sites for hydroxylation is 1. The van der Waals surface area contributed by atoms with Crippen molar-refractivity contribution in [2.45, 2.75) is 19.9 Å². The Hall–Kier alpha value is -4.40. The van der Waals surface area contributed by atoms with E-state index in [-0.39, 0.29) is 5.56 Å². The highest BCUT2D eigenvalue weighted by atomic mass is 35.5. The van der Waals surface area contributed by atoms with Crippen LogP contribution in [0.25, 0.3) is 39.1 Å². The van der Waals surface area contributed by atoms with E-state index in [4.69, 9.17) is 16.6 Å². The van der Waals surface area contributed by atoms with Crippen LogP contribution >= 0.6 is 11.6 Å². The highest BCUT2D eigenvalue weighted by Crippen LogP contribution is 2.31. The number of aromatic nitrogens is 5. The normalized spacial score (nSPS) is 13.3. The molecule has 5 aromatic rings. The van der Waals surface area contributed by atoms with Crippen molar-refractivity contribution in [1.82, 2.24) is 29.8 Å². The number of benzene rings is 2. The third-order valence-corrected chi connectivity index (χ3v) is 7.11. The molecule has 4 heterocycles. The molecule has 1 aliphatic heterocycles. The van der Waals surface area contributed by atoms with Gasteiger partial charge in [0.05, 0.1) is 0 Å². The van der Waals surface area contributed by atoms with Gasteiger partial charge in [-0.1, -0.05) is 41.9 Å². The van der Waals surface area contributed by atoms with Crippen molar-refractivity contribution in [3.05, 3.63) is 100 Å². The van der Waals surface area contributed by atoms with Crippen molar-refractivity contribution in [2.75, 3.05) is 18.4 Å². The number of fused-ring (bicyclic) bond motifs is 1. The van der Waals surface area contributed by atoms with Crippen LogP contribution in [0.1, 0.15) is 18.9 Å². The fourth-order valence-electron chi connectivity index (χ4n) is 4.81. The minimum absolute atomic E-state index is 0.167. The molecule has 3 aromatic heterocycles. The molecule has 0 spiro atoms. The first-order chi connectivity index (χ1) is 19.1. The lowest BCUT2D eigenvalue weighted by molar-refractivity contribution is 0.738. The van der Waals surface area contributed by atoms with Crippen molar-refractivity contribution in [3.63, 3.8) is 0 Å². The highest BCUT2D eigenvalue weighted by molar-refractivity contribution is 6.33. The first-order valence-electron chi connectivity index (χ1n) is 12.9. The zero-order chi connectivity index (χ0) is 26.8. The highest BCUT2D eigenvalue weighted by Gasteiger charge is 2.16. The number of anilines is 2. The van der Waals surface area contributed by atoms with Crippen LogP contribution in [0.5, 0.6) is 0 Å². The summed E-state index contributed by atoms with van der Waals surface area (Å²) in [5.74, 6) is 0.998. The van der Waals surface area contributed by atoms with E-state index >= 15 is 0 Å². The lowest BCUT2D eigenvalue weighted by Gasteiger charge is -2.15. The van der Waals surface area contributed by atoms with Gasteiger partial charge < -0.3 is 10.6 Å². The molecule has 9 heteroatoms. The maximum Gasteiger partial charge on any atom is 0.260 e. The van der Waals surface area contributed by atoms with Crippen LogP contribution in [-0.2, 0) is 6.54 Å². The summed E-state index contributed by atoms with van der Waals surface area (Å²) in [6.07, 6.45) is 8.34. The summed E-state index contributed by atoms with van der Waals surface area (Å²) in [6, 6.07) is 17.3. The minimum atomic E-state index is -0.167. The Bertz CT molecular complexity index is 1750. The molecule has 0 amide bonds. The van der Waals surface area contributed by atoms with E-state index in [0.717, 1.165) is 36.1 Å². The molecule has 194 valence electrons. The fourth-order valence-corrected chi connectivity index (χ4v) is 5.09. The summed E-state index contributed by atoms with van der Waals surface area (Å²) in [5.41, 5.74) is 5.75. The molecule has 0 fully saturated rings. The van der Waals surface area contributed by atoms with Crippen LogP contribution in [0.15, 0.2) is 84.1 Å². The Kier molecular flexibility index (Phi) is 6.87. The molecule has 1 aliphatic rings. The van der Waals surface area contributed by atoms with Gasteiger partial charge in [-0.25, -0.2) is 15.0 Å². The van der Waals surface area contributed by atoms with Crippen LogP contribution in [-0.4, -0.2) is 37.6 Å². The number of pyridine rings is 1. The van der Waals surface area contributed by atoms with Gasteiger partial charge in [-0.05, 0) is 61.4 Å². The van der Waals surface area contributed by atoms with Gasteiger partial charge in [0.1, 0.15) is 5.65 Å². The van der Waals surface area contributed by atoms with E-state index in [0.29, 0.717) is 40.1 Å². The topological polar surface area (TPSA) is 97.6 Å². The molecule has 0 atom stereocenters. The van der Waals surface area contributed by atoms with Crippen LogP contribution in [0.2, 0.25) is 5.02 Å². The van der Waals surface area contributed by atoms with E-state index in [1.165, 1.54) is 11.1 Å². The lowest BCUT2D eigenvalue weighted by atomic mass is 10.0. The Balaban J connectivity index is 1.32. The third kappa shape index (κ3) is 5.04. The molecule has 0 saturated heterocycles. The monoisotopic (exact) mass is 535 g/mol. The first kappa shape index (κ1) is 24.9. The molecule has 2 N–H and O–H groups in total. The van der Waals surface area contributed by atoms with Crippen LogP contribution in [0.4, 0.5) is 11.6 Å². The van der Waals surface area contributed by atoms with Gasteiger partial charge in [-0.15, -0.1) is 0 Å². The van der Waals surface area contributed by atoms with Crippen LogP contribution in [0, 0.1) is 0 Å². The molecule has 0 saturated carbocycles. The quantitative estimate of drug-likeness (QED) is 0.287. The smallest absolute Gasteiger partial charge is 0.260 e. The number of rotatable bonds is 6. The van der Waals surface area contributed by atoms with Crippen molar-refractivity contribution in [2.24, 2.45) is 0 Å². The van der Waals surface area contributed by atoms with Gasteiger partial charge in [-0.3, -0.25) is 9.36 Å². The molecule has 2 aromatic carbocycles. The number of halogens is 1. The van der Waals surface area contributed by atoms with E-state index < -0.39 is 0 Å². The molecule has 0 radical (unpaired) electrons. The summed E-state index contributed by atoms with van der Waals surface area (Å²) in [5, 5.41) is 7.80. The average Bonchev–Trinajstić information content (AvgIpc) is 2.98. The number of hydrogen-bond donors (Lipinski definition) is 2. The molecule has 0 unspecified atom stereocenters. The molecule has 8 nitrogen and oxygen atoms in total. The van der Waals surface area contributed by atoms with Gasteiger partial charge >= 0.3 is 0 Å². The Labute approximate surface area is 230 Å². The molecule has 0 aliphatic carbocycles. The summed E-state index contributed by atoms with van der Waals surface area (Å²) in [4.78, 5) is 31.3. The first-order valence-corrected chi connectivity index (χ1v) is 13.2. The standard InChI is InChI=1S/C30H26ClN7O/c1-2-38-28-22(16-25(29(38)39)24-9-6-21(17-26(24)31)27-33-12-3-13-34-27)18-35-30(37-28)36-23-7-4-19(5-8-23)20-10-14-32-15-11-20/h3-10,12-13,16-18,32H,2,11,14-15H2,1H3,(H,35,36,37). The van der Waals surface area contributed by atoms with E-state index in [9.17, 15) is 4.79 Å². The zero-order valence-corrected chi connectivity index (χ0v) is 22.1. The zero-order valence-electron chi connectivity index (χ0n) is 21.4. The molecule has 6 rings (SSSR count). The summed E-state index contributed by atoms with van der Waals surface area (Å²) >= 11 is 6.66. The largest absolute Gasteiger partial charge is 0.324 e. The predicted molar refractivity (Wildman–Crippen MR) is 156 cm³/mol. The van der Waals surface area contributed by atoms with Crippen molar-refractivity contribution < 1.29 is 0 Å². The second-order valence-electron chi connectivity index (χ2n) is 9.23. The maximum atomic E-state index is 13.6. The van der Waals surface area contributed by atoms with Crippen molar-refractivity contribution in [1.29, 1.82) is 0 Å². The third-order valence-electron chi connectivity index (χ3n) is 6.80. The predicted octanol–water partition coefficient (Wildman–Crippen LogP) is 5.71. The molecular weight excluding hydrogens is 510 g/mol. The van der Waals surface area contributed by atoms with Crippen LogP contribution in [0.3, 0.4) is 0 Å². The number of nitrogens with zero attached hydrogens (tertiary/aromatic N) is 5. The van der Waals surface area contributed by atoms with Crippen molar-refractivity contribution >= 4 is 39.8 Å². The van der Waals surface area contributed by atoms with Crippen molar-refractivity contribution in [3.8, 4) is 22.5 Å². The van der Waals surface area contributed by atoms with E-state index in [1.54, 1.807) is 41.4 Å². The summed E-state index contributed by atoms with van der Waals surface area (Å²) < 4.78 is 1.65. The number of hydrogen-bond acceptors (Lipinski definition) is 7. The Morgan fingerprint density at radius 3 is 2.51 bits per heavy atom. The Morgan fingerprint density at radius 2 is 1.79 bits per heavy atom. The summed E-state index contributed by atoms with van der Waals surface area (Å²) in [7, 11) is 0. The van der Waals surface area contributed by atoms with Gasteiger partial charge in [0.25, 0.3) is 5.56 Å². The van der Waals surface area contributed by atoms with Gasteiger partial charge in [0.2, 0.25) is 5.95 Å². The lowest BCUT2D eigenvalue weighted by Crippen LogP contribution is -2.22. The van der Waals surface area contributed by atoms with Gasteiger partial charge in [-0.2, -0.15) is 4.98 Å². The van der Waals surface area contributed by atoms with Crippen LogP contribution < -0.4 is 16.2 Å². The second-order valence-corrected chi connectivity index (χ2v) is 9.64.